The molecule has 2 aromatic heterocycles. The number of hydrogen-bond acceptors (Lipinski definition) is 7. The third-order valence-corrected chi connectivity index (χ3v) is 5.60. The Kier molecular flexibility index (Phi) is 6.69. The Morgan fingerprint density at radius 2 is 1.97 bits per heavy atom. The highest BCUT2D eigenvalue weighted by atomic mass is 16.5. The van der Waals surface area contributed by atoms with E-state index < -0.39 is 12.1 Å². The summed E-state index contributed by atoms with van der Waals surface area (Å²) < 4.78 is 10.2. The number of carbonyl (C=O) groups excluding carboxylic acids is 2. The number of ether oxygens (including phenoxy) is 1. The fraction of sp³-hybridized carbons (Fsp3) is 0.333. The van der Waals surface area contributed by atoms with Gasteiger partial charge in [-0.15, -0.1) is 0 Å². The summed E-state index contributed by atoms with van der Waals surface area (Å²) in [4.78, 5) is 31.1. The number of β-amino-alcohol motifs (C(OH)–C–C–N with tert-alkyl or cyclic N) is 1. The minimum absolute atomic E-state index is 0.000973. The maximum Gasteiger partial charge on any atom is 0.243 e. The Morgan fingerprint density at radius 3 is 2.61 bits per heavy atom. The van der Waals surface area contributed by atoms with E-state index in [-0.39, 0.29) is 31.2 Å². The van der Waals surface area contributed by atoms with Crippen molar-refractivity contribution in [2.75, 3.05) is 13.7 Å². The lowest BCUT2D eigenvalue weighted by molar-refractivity contribution is -0.138. The highest BCUT2D eigenvalue weighted by Gasteiger charge is 2.38. The van der Waals surface area contributed by atoms with Crippen molar-refractivity contribution in [3.63, 3.8) is 0 Å². The quantitative estimate of drug-likeness (QED) is 0.564. The molecule has 0 saturated carbocycles. The second-order valence-corrected chi connectivity index (χ2v) is 8.07. The van der Waals surface area contributed by atoms with Gasteiger partial charge in [-0.2, -0.15) is 0 Å². The number of benzene rings is 1. The second-order valence-electron chi connectivity index (χ2n) is 8.07. The number of aromatic nitrogens is 2. The summed E-state index contributed by atoms with van der Waals surface area (Å²) in [5, 5.41) is 16.7. The van der Waals surface area contributed by atoms with E-state index in [2.05, 4.69) is 15.5 Å². The van der Waals surface area contributed by atoms with E-state index in [9.17, 15) is 14.7 Å². The highest BCUT2D eigenvalue weighted by molar-refractivity contribution is 5.89. The number of rotatable bonds is 7. The third kappa shape index (κ3) is 5.38. The molecule has 0 radical (unpaired) electrons. The number of aryl methyl sites for hydroxylation is 1. The predicted molar refractivity (Wildman–Crippen MR) is 119 cm³/mol. The Morgan fingerprint density at radius 1 is 1.21 bits per heavy atom. The van der Waals surface area contributed by atoms with Crippen LogP contribution in [0.3, 0.4) is 0 Å². The molecule has 1 aliphatic rings. The first kappa shape index (κ1) is 22.5. The molecule has 1 fully saturated rings. The van der Waals surface area contributed by atoms with Gasteiger partial charge in [-0.25, -0.2) is 4.98 Å². The van der Waals surface area contributed by atoms with Crippen molar-refractivity contribution < 1.29 is 24.0 Å². The van der Waals surface area contributed by atoms with Crippen molar-refractivity contribution in [2.24, 2.45) is 0 Å². The molecular formula is C24H26N4O5. The van der Waals surface area contributed by atoms with Crippen LogP contribution in [0.2, 0.25) is 0 Å². The molecule has 2 unspecified atom stereocenters. The molecule has 4 rings (SSSR count). The number of pyridine rings is 1. The molecule has 0 aliphatic carbocycles. The van der Waals surface area contributed by atoms with Gasteiger partial charge in [-0.3, -0.25) is 9.59 Å². The number of hydrogen-bond donors (Lipinski definition) is 2. The average Bonchev–Trinajstić information content (AvgIpc) is 3.43. The SMILES string of the molecule is COc1ccc(-c2ccc(CNC(=O)C3CC(O)CN3C(=O)Cc3cc(C)no3)cc2)cn1. The van der Waals surface area contributed by atoms with E-state index in [0.717, 1.165) is 16.7 Å². The first-order valence-electron chi connectivity index (χ1n) is 10.7. The van der Waals surface area contributed by atoms with Crippen molar-refractivity contribution in [1.29, 1.82) is 0 Å². The summed E-state index contributed by atoms with van der Waals surface area (Å²) in [5.74, 6) is 0.418. The van der Waals surface area contributed by atoms with Gasteiger partial charge in [0.05, 0.1) is 25.3 Å². The Bertz CT molecular complexity index is 1110. The zero-order valence-corrected chi connectivity index (χ0v) is 18.5. The molecule has 0 spiro atoms. The van der Waals surface area contributed by atoms with E-state index in [1.165, 1.54) is 4.90 Å². The van der Waals surface area contributed by atoms with Crippen LogP contribution in [0, 0.1) is 6.92 Å². The van der Waals surface area contributed by atoms with Crippen molar-refractivity contribution in [3.05, 3.63) is 65.7 Å². The normalized spacial score (nSPS) is 17.7. The van der Waals surface area contributed by atoms with Gasteiger partial charge in [0.1, 0.15) is 11.8 Å². The van der Waals surface area contributed by atoms with E-state index in [1.54, 1.807) is 32.4 Å². The molecule has 3 heterocycles. The molecule has 1 aromatic carbocycles. The third-order valence-electron chi connectivity index (χ3n) is 5.60. The number of aliphatic hydroxyl groups is 1. The largest absolute Gasteiger partial charge is 0.481 e. The van der Waals surface area contributed by atoms with Crippen molar-refractivity contribution in [2.45, 2.75) is 38.5 Å². The van der Waals surface area contributed by atoms with Crippen LogP contribution in [0.1, 0.15) is 23.4 Å². The van der Waals surface area contributed by atoms with Crippen LogP contribution in [0.4, 0.5) is 0 Å². The Balaban J connectivity index is 1.35. The van der Waals surface area contributed by atoms with Crippen LogP contribution in [0.15, 0.2) is 53.2 Å². The number of methoxy groups -OCH3 is 1. The highest BCUT2D eigenvalue weighted by Crippen LogP contribution is 2.22. The lowest BCUT2D eigenvalue weighted by Crippen LogP contribution is -2.46. The monoisotopic (exact) mass is 450 g/mol. The van der Waals surface area contributed by atoms with Crippen molar-refractivity contribution >= 4 is 11.8 Å². The maximum atomic E-state index is 12.8. The van der Waals surface area contributed by atoms with Gasteiger partial charge in [0.25, 0.3) is 0 Å². The zero-order chi connectivity index (χ0) is 23.4. The molecule has 172 valence electrons. The summed E-state index contributed by atoms with van der Waals surface area (Å²) in [7, 11) is 1.57. The molecule has 2 atom stereocenters. The summed E-state index contributed by atoms with van der Waals surface area (Å²) in [6, 6.07) is 12.5. The van der Waals surface area contributed by atoms with Gasteiger partial charge in [-0.05, 0) is 24.1 Å². The predicted octanol–water partition coefficient (Wildman–Crippen LogP) is 1.87. The lowest BCUT2D eigenvalue weighted by Gasteiger charge is -2.23. The number of nitrogens with one attached hydrogen (secondary N) is 1. The van der Waals surface area contributed by atoms with Gasteiger partial charge in [-0.1, -0.05) is 29.4 Å². The molecule has 0 bridgehead atoms. The summed E-state index contributed by atoms with van der Waals surface area (Å²) >= 11 is 0. The Hall–Kier alpha value is -3.72. The van der Waals surface area contributed by atoms with E-state index >= 15 is 0 Å². The minimum Gasteiger partial charge on any atom is -0.481 e. The lowest BCUT2D eigenvalue weighted by atomic mass is 10.1. The minimum atomic E-state index is -0.737. The summed E-state index contributed by atoms with van der Waals surface area (Å²) in [6.45, 7) is 2.21. The topological polar surface area (TPSA) is 118 Å². The molecule has 9 heteroatoms. The van der Waals surface area contributed by atoms with E-state index in [4.69, 9.17) is 9.26 Å². The van der Waals surface area contributed by atoms with Crippen LogP contribution in [0.5, 0.6) is 5.88 Å². The first-order chi connectivity index (χ1) is 15.9. The molecule has 33 heavy (non-hydrogen) atoms. The van der Waals surface area contributed by atoms with Crippen LogP contribution in [-0.2, 0) is 22.6 Å². The number of nitrogens with zero attached hydrogens (tertiary/aromatic N) is 3. The van der Waals surface area contributed by atoms with Gasteiger partial charge in [0.2, 0.25) is 17.7 Å². The maximum absolute atomic E-state index is 12.8. The van der Waals surface area contributed by atoms with Gasteiger partial charge in [0.15, 0.2) is 0 Å². The van der Waals surface area contributed by atoms with E-state index in [0.29, 0.717) is 23.9 Å². The first-order valence-corrected chi connectivity index (χ1v) is 10.7. The van der Waals surface area contributed by atoms with Crippen molar-refractivity contribution in [3.8, 4) is 17.0 Å². The molecule has 3 aromatic rings. The number of amides is 2. The van der Waals surface area contributed by atoms with Crippen LogP contribution < -0.4 is 10.1 Å². The van der Waals surface area contributed by atoms with Gasteiger partial charge >= 0.3 is 0 Å². The average molecular weight is 450 g/mol. The Labute approximate surface area is 191 Å². The molecule has 2 N–H and O–H groups in total. The van der Waals surface area contributed by atoms with Gasteiger partial charge in [0, 0.05) is 43.4 Å². The fourth-order valence-corrected chi connectivity index (χ4v) is 3.88. The summed E-state index contributed by atoms with van der Waals surface area (Å²) in [5.41, 5.74) is 3.56. The fourth-order valence-electron chi connectivity index (χ4n) is 3.88. The molecule has 2 amide bonds. The molecule has 1 saturated heterocycles. The summed E-state index contributed by atoms with van der Waals surface area (Å²) in [6.07, 6.45) is 1.21. The zero-order valence-electron chi connectivity index (χ0n) is 18.5. The standard InChI is InChI=1S/C24H26N4O5/c1-15-9-20(33-27-15)11-23(30)28-14-19(29)10-21(28)24(31)26-12-16-3-5-17(6-4-16)18-7-8-22(32-2)25-13-18/h3-9,13,19,21,29H,10-12,14H2,1-2H3,(H,26,31). The van der Waals surface area contributed by atoms with Gasteiger partial charge < -0.3 is 24.6 Å². The van der Waals surface area contributed by atoms with Crippen LogP contribution >= 0.6 is 0 Å². The molecule has 9 nitrogen and oxygen atoms in total. The van der Waals surface area contributed by atoms with Crippen LogP contribution in [0.25, 0.3) is 11.1 Å². The number of aliphatic hydroxyl groups excluding tert-OH is 1. The molecular weight excluding hydrogens is 424 g/mol. The number of likely N-dealkylation sites (tertiary alicyclic amines) is 1. The van der Waals surface area contributed by atoms with E-state index in [1.807, 2.05) is 30.3 Å². The number of carbonyl (C=O) groups is 2. The smallest absolute Gasteiger partial charge is 0.243 e. The van der Waals surface area contributed by atoms with Crippen molar-refractivity contribution in [1.82, 2.24) is 20.4 Å². The molecule has 1 aliphatic heterocycles. The second kappa shape index (κ2) is 9.83. The van der Waals surface area contributed by atoms with Crippen LogP contribution in [-0.4, -0.2) is 57.8 Å².